The number of benzene rings is 1. The van der Waals surface area contributed by atoms with E-state index in [2.05, 4.69) is 15.2 Å². The third-order valence-electron chi connectivity index (χ3n) is 4.23. The molecular weight excluding hydrogens is 292 g/mol. The molecule has 0 spiro atoms. The Morgan fingerprint density at radius 2 is 2.04 bits per heavy atom. The predicted octanol–water partition coefficient (Wildman–Crippen LogP) is 1.76. The second kappa shape index (κ2) is 6.52. The van der Waals surface area contributed by atoms with Crippen LogP contribution in [-0.2, 0) is 9.53 Å². The number of hydrogen-bond donors (Lipinski definition) is 1. The van der Waals surface area contributed by atoms with Crippen LogP contribution in [-0.4, -0.2) is 53.2 Å². The molecule has 0 saturated carbocycles. The summed E-state index contributed by atoms with van der Waals surface area (Å²) >= 11 is 0. The Kier molecular flexibility index (Phi) is 4.45. The van der Waals surface area contributed by atoms with Gasteiger partial charge in [-0.25, -0.2) is 4.98 Å². The Balaban J connectivity index is 1.68. The molecule has 1 fully saturated rings. The second-order valence-electron chi connectivity index (χ2n) is 5.94. The third kappa shape index (κ3) is 3.43. The summed E-state index contributed by atoms with van der Waals surface area (Å²) in [5.41, 5.74) is 3.92. The van der Waals surface area contributed by atoms with Crippen molar-refractivity contribution in [3.05, 3.63) is 42.0 Å². The summed E-state index contributed by atoms with van der Waals surface area (Å²) in [5.74, 6) is -0.0982. The van der Waals surface area contributed by atoms with Gasteiger partial charge in [0.05, 0.1) is 18.6 Å². The maximum absolute atomic E-state index is 12.2. The van der Waals surface area contributed by atoms with Crippen molar-refractivity contribution in [3.63, 3.8) is 0 Å². The first-order chi connectivity index (χ1) is 11.0. The second-order valence-corrected chi connectivity index (χ2v) is 5.94. The van der Waals surface area contributed by atoms with Crippen LogP contribution in [0, 0.1) is 13.8 Å². The SMILES string of the molecule is Cc1ncn(-c2ccc(NC(=O)C3CN(C)CCO3)cc2)c1C. The number of amides is 1. The Morgan fingerprint density at radius 1 is 1.30 bits per heavy atom. The van der Waals surface area contributed by atoms with Gasteiger partial charge in [0.15, 0.2) is 0 Å². The Labute approximate surface area is 136 Å². The predicted molar refractivity (Wildman–Crippen MR) is 88.9 cm³/mol. The van der Waals surface area contributed by atoms with Gasteiger partial charge < -0.3 is 19.5 Å². The smallest absolute Gasteiger partial charge is 0.254 e. The zero-order valence-corrected chi connectivity index (χ0v) is 13.7. The molecule has 122 valence electrons. The Hall–Kier alpha value is -2.18. The average molecular weight is 314 g/mol. The van der Waals surface area contributed by atoms with Gasteiger partial charge in [-0.05, 0) is 45.2 Å². The molecular formula is C17H22N4O2. The fourth-order valence-corrected chi connectivity index (χ4v) is 2.62. The molecule has 1 atom stereocenters. The highest BCUT2D eigenvalue weighted by Crippen LogP contribution is 2.17. The van der Waals surface area contributed by atoms with Crippen LogP contribution in [0.4, 0.5) is 5.69 Å². The van der Waals surface area contributed by atoms with Crippen molar-refractivity contribution in [2.75, 3.05) is 32.1 Å². The maximum atomic E-state index is 12.2. The lowest BCUT2D eigenvalue weighted by Crippen LogP contribution is -2.46. The van der Waals surface area contributed by atoms with Crippen LogP contribution in [0.5, 0.6) is 0 Å². The van der Waals surface area contributed by atoms with Crippen molar-refractivity contribution >= 4 is 11.6 Å². The van der Waals surface area contributed by atoms with Crippen LogP contribution < -0.4 is 5.32 Å². The minimum atomic E-state index is -0.410. The van der Waals surface area contributed by atoms with E-state index in [0.717, 1.165) is 29.3 Å². The number of aromatic nitrogens is 2. The number of nitrogens with zero attached hydrogens (tertiary/aromatic N) is 3. The summed E-state index contributed by atoms with van der Waals surface area (Å²) in [4.78, 5) is 18.6. The Bertz CT molecular complexity index is 693. The molecule has 1 N–H and O–H groups in total. The van der Waals surface area contributed by atoms with Crippen molar-refractivity contribution in [1.82, 2.24) is 14.5 Å². The molecule has 2 aromatic rings. The molecule has 1 aliphatic rings. The van der Waals surface area contributed by atoms with Crippen molar-refractivity contribution in [3.8, 4) is 5.69 Å². The number of morpholine rings is 1. The van der Waals surface area contributed by atoms with E-state index in [0.29, 0.717) is 13.2 Å². The fourth-order valence-electron chi connectivity index (χ4n) is 2.62. The molecule has 1 aromatic heterocycles. The van der Waals surface area contributed by atoms with Gasteiger partial charge in [0.2, 0.25) is 0 Å². The molecule has 1 amide bonds. The van der Waals surface area contributed by atoms with E-state index < -0.39 is 6.10 Å². The number of anilines is 1. The zero-order chi connectivity index (χ0) is 16.4. The van der Waals surface area contributed by atoms with E-state index in [4.69, 9.17) is 4.74 Å². The lowest BCUT2D eigenvalue weighted by Gasteiger charge is -2.29. The number of ether oxygens (including phenoxy) is 1. The number of carbonyl (C=O) groups is 1. The highest BCUT2D eigenvalue weighted by atomic mass is 16.5. The van der Waals surface area contributed by atoms with Gasteiger partial charge in [-0.15, -0.1) is 0 Å². The normalized spacial score (nSPS) is 18.8. The lowest BCUT2D eigenvalue weighted by molar-refractivity contribution is -0.132. The summed E-state index contributed by atoms with van der Waals surface area (Å²) in [7, 11) is 1.99. The van der Waals surface area contributed by atoms with E-state index >= 15 is 0 Å². The molecule has 2 heterocycles. The van der Waals surface area contributed by atoms with Crippen LogP contribution >= 0.6 is 0 Å². The van der Waals surface area contributed by atoms with Crippen LogP contribution in [0.2, 0.25) is 0 Å². The summed E-state index contributed by atoms with van der Waals surface area (Å²) in [5, 5.41) is 2.92. The van der Waals surface area contributed by atoms with Crippen LogP contribution in [0.3, 0.4) is 0 Å². The number of carbonyl (C=O) groups excluding carboxylic acids is 1. The minimum Gasteiger partial charge on any atom is -0.366 e. The molecule has 0 aliphatic carbocycles. The zero-order valence-electron chi connectivity index (χ0n) is 13.7. The summed E-state index contributed by atoms with van der Waals surface area (Å²) in [6.45, 7) is 6.10. The lowest BCUT2D eigenvalue weighted by atomic mass is 10.2. The van der Waals surface area contributed by atoms with E-state index in [1.54, 1.807) is 0 Å². The first kappa shape index (κ1) is 15.7. The van der Waals surface area contributed by atoms with Gasteiger partial charge in [0.25, 0.3) is 5.91 Å². The van der Waals surface area contributed by atoms with Gasteiger partial charge >= 0.3 is 0 Å². The van der Waals surface area contributed by atoms with E-state index in [1.165, 1.54) is 0 Å². The van der Waals surface area contributed by atoms with Crippen LogP contribution in [0.1, 0.15) is 11.4 Å². The summed E-state index contributed by atoms with van der Waals surface area (Å²) in [6, 6.07) is 7.73. The first-order valence-corrected chi connectivity index (χ1v) is 7.76. The number of likely N-dealkylation sites (N-methyl/N-ethyl adjacent to an activating group) is 1. The Morgan fingerprint density at radius 3 is 2.65 bits per heavy atom. The van der Waals surface area contributed by atoms with Crippen molar-refractivity contribution in [2.45, 2.75) is 20.0 Å². The average Bonchev–Trinajstić information content (AvgIpc) is 2.88. The van der Waals surface area contributed by atoms with Gasteiger partial charge in [0, 0.05) is 30.2 Å². The van der Waals surface area contributed by atoms with Gasteiger partial charge in [0.1, 0.15) is 6.10 Å². The molecule has 6 nitrogen and oxygen atoms in total. The number of imidazole rings is 1. The monoisotopic (exact) mass is 314 g/mol. The van der Waals surface area contributed by atoms with Crippen LogP contribution in [0.25, 0.3) is 5.69 Å². The molecule has 6 heteroatoms. The quantitative estimate of drug-likeness (QED) is 0.938. The molecule has 0 radical (unpaired) electrons. The molecule has 1 unspecified atom stereocenters. The minimum absolute atomic E-state index is 0.0982. The molecule has 1 saturated heterocycles. The van der Waals surface area contributed by atoms with Crippen molar-refractivity contribution < 1.29 is 9.53 Å². The van der Waals surface area contributed by atoms with Gasteiger partial charge in [-0.1, -0.05) is 0 Å². The molecule has 1 aliphatic heterocycles. The first-order valence-electron chi connectivity index (χ1n) is 7.76. The summed E-state index contributed by atoms with van der Waals surface area (Å²) in [6.07, 6.45) is 1.40. The molecule has 23 heavy (non-hydrogen) atoms. The van der Waals surface area contributed by atoms with Crippen molar-refractivity contribution in [2.24, 2.45) is 0 Å². The molecule has 0 bridgehead atoms. The largest absolute Gasteiger partial charge is 0.366 e. The van der Waals surface area contributed by atoms with E-state index in [-0.39, 0.29) is 5.91 Å². The highest BCUT2D eigenvalue weighted by molar-refractivity contribution is 5.94. The standard InChI is InChI=1S/C17H22N4O2/c1-12-13(2)21(11-18-12)15-6-4-14(5-7-15)19-17(22)16-10-20(3)8-9-23-16/h4-7,11,16H,8-10H2,1-3H3,(H,19,22). The number of rotatable bonds is 3. The number of nitrogens with one attached hydrogen (secondary N) is 1. The third-order valence-corrected chi connectivity index (χ3v) is 4.23. The van der Waals surface area contributed by atoms with Crippen molar-refractivity contribution in [1.29, 1.82) is 0 Å². The van der Waals surface area contributed by atoms with Gasteiger partial charge in [-0.3, -0.25) is 4.79 Å². The molecule has 3 rings (SSSR count). The fraction of sp³-hybridized carbons (Fsp3) is 0.412. The number of hydrogen-bond acceptors (Lipinski definition) is 4. The topological polar surface area (TPSA) is 59.4 Å². The van der Waals surface area contributed by atoms with Crippen LogP contribution in [0.15, 0.2) is 30.6 Å². The number of aryl methyl sites for hydroxylation is 1. The summed E-state index contributed by atoms with van der Waals surface area (Å²) < 4.78 is 7.56. The maximum Gasteiger partial charge on any atom is 0.254 e. The van der Waals surface area contributed by atoms with E-state index in [1.807, 2.05) is 56.1 Å². The highest BCUT2D eigenvalue weighted by Gasteiger charge is 2.24. The van der Waals surface area contributed by atoms with E-state index in [9.17, 15) is 4.79 Å². The molecule has 1 aromatic carbocycles. The van der Waals surface area contributed by atoms with Gasteiger partial charge in [-0.2, -0.15) is 0 Å².